The molecule has 0 aliphatic carbocycles. The molecule has 1 aliphatic rings. The van der Waals surface area contributed by atoms with E-state index in [0.717, 1.165) is 6.42 Å². The molecule has 1 heterocycles. The van der Waals surface area contributed by atoms with Gasteiger partial charge in [-0.25, -0.2) is 0 Å². The molecular formula is C10H19NO3. The van der Waals surface area contributed by atoms with Crippen LogP contribution in [0.1, 0.15) is 20.3 Å². The second kappa shape index (κ2) is 4.87. The van der Waals surface area contributed by atoms with Crippen molar-refractivity contribution < 1.29 is 14.3 Å². The highest BCUT2D eigenvalue weighted by molar-refractivity contribution is 5.86. The van der Waals surface area contributed by atoms with E-state index in [1.54, 1.807) is 0 Å². The Morgan fingerprint density at radius 2 is 2.43 bits per heavy atom. The summed E-state index contributed by atoms with van der Waals surface area (Å²) in [6.45, 7) is 5.52. The highest BCUT2D eigenvalue weighted by Gasteiger charge is 2.43. The predicted molar refractivity (Wildman–Crippen MR) is 53.0 cm³/mol. The van der Waals surface area contributed by atoms with E-state index in [0.29, 0.717) is 19.8 Å². The van der Waals surface area contributed by atoms with Crippen molar-refractivity contribution in [3.05, 3.63) is 0 Å². The molecule has 0 saturated carbocycles. The summed E-state index contributed by atoms with van der Waals surface area (Å²) in [5.74, 6) is 0.0518. The Morgan fingerprint density at radius 1 is 1.71 bits per heavy atom. The van der Waals surface area contributed by atoms with Gasteiger partial charge in [0, 0.05) is 12.6 Å². The molecule has 0 bridgehead atoms. The second-order valence-corrected chi connectivity index (χ2v) is 4.01. The van der Waals surface area contributed by atoms with E-state index in [1.165, 1.54) is 0 Å². The van der Waals surface area contributed by atoms with Gasteiger partial charge >= 0.3 is 0 Å². The minimum absolute atomic E-state index is 0.0518. The van der Waals surface area contributed by atoms with Gasteiger partial charge in [-0.05, 0) is 13.3 Å². The second-order valence-electron chi connectivity index (χ2n) is 4.01. The van der Waals surface area contributed by atoms with Crippen molar-refractivity contribution in [2.24, 2.45) is 11.1 Å². The number of ether oxygens (including phenoxy) is 2. The summed E-state index contributed by atoms with van der Waals surface area (Å²) < 4.78 is 10.4. The highest BCUT2D eigenvalue weighted by Crippen LogP contribution is 2.28. The summed E-state index contributed by atoms with van der Waals surface area (Å²) >= 11 is 0. The summed E-state index contributed by atoms with van der Waals surface area (Å²) in [5.41, 5.74) is 5.27. The smallest absolute Gasteiger partial charge is 0.168 e. The quantitative estimate of drug-likeness (QED) is 0.652. The maximum atomic E-state index is 11.8. The third-order valence-corrected chi connectivity index (χ3v) is 2.74. The Bertz CT molecular complexity index is 208. The highest BCUT2D eigenvalue weighted by atomic mass is 16.5. The summed E-state index contributed by atoms with van der Waals surface area (Å²) in [7, 11) is 0. The largest absolute Gasteiger partial charge is 0.379 e. The van der Waals surface area contributed by atoms with Crippen LogP contribution in [0.3, 0.4) is 0 Å². The zero-order chi connectivity index (χ0) is 10.6. The van der Waals surface area contributed by atoms with Gasteiger partial charge in [0.15, 0.2) is 5.78 Å². The Kier molecular flexibility index (Phi) is 4.04. The molecule has 2 atom stereocenters. The molecule has 0 aromatic heterocycles. The van der Waals surface area contributed by atoms with Gasteiger partial charge in [-0.15, -0.1) is 0 Å². The van der Waals surface area contributed by atoms with Gasteiger partial charge < -0.3 is 15.2 Å². The first-order valence-electron chi connectivity index (χ1n) is 5.05. The van der Waals surface area contributed by atoms with E-state index in [9.17, 15) is 4.79 Å². The average molecular weight is 201 g/mol. The summed E-state index contributed by atoms with van der Waals surface area (Å²) in [6, 6.07) is -0.194. The normalized spacial score (nSPS) is 32.1. The molecule has 82 valence electrons. The summed E-state index contributed by atoms with van der Waals surface area (Å²) in [6.07, 6.45) is 0.923. The maximum Gasteiger partial charge on any atom is 0.168 e. The molecule has 4 heteroatoms. The Morgan fingerprint density at radius 3 is 2.93 bits per heavy atom. The zero-order valence-corrected chi connectivity index (χ0v) is 8.91. The summed E-state index contributed by atoms with van der Waals surface area (Å²) in [4.78, 5) is 11.8. The van der Waals surface area contributed by atoms with E-state index >= 15 is 0 Å². The first-order chi connectivity index (χ1) is 6.61. The average Bonchev–Trinajstić information content (AvgIpc) is 2.49. The lowest BCUT2D eigenvalue weighted by Gasteiger charge is -2.24. The lowest BCUT2D eigenvalue weighted by molar-refractivity contribution is -0.133. The molecule has 1 rings (SSSR count). The fourth-order valence-corrected chi connectivity index (χ4v) is 1.45. The molecule has 14 heavy (non-hydrogen) atoms. The summed E-state index contributed by atoms with van der Waals surface area (Å²) in [5, 5.41) is 0. The number of hydrogen-bond donors (Lipinski definition) is 1. The van der Waals surface area contributed by atoms with E-state index in [-0.39, 0.29) is 18.4 Å². The van der Waals surface area contributed by atoms with Crippen LogP contribution in [0.5, 0.6) is 0 Å². The number of rotatable bonds is 5. The number of carbonyl (C=O) groups is 1. The van der Waals surface area contributed by atoms with Crippen molar-refractivity contribution in [3.8, 4) is 0 Å². The van der Waals surface area contributed by atoms with Crippen molar-refractivity contribution in [1.82, 2.24) is 0 Å². The van der Waals surface area contributed by atoms with E-state index < -0.39 is 5.41 Å². The molecule has 4 nitrogen and oxygen atoms in total. The van der Waals surface area contributed by atoms with Crippen LogP contribution < -0.4 is 5.73 Å². The first-order valence-corrected chi connectivity index (χ1v) is 5.05. The Balaban J connectivity index is 2.42. The van der Waals surface area contributed by atoms with Crippen molar-refractivity contribution in [2.75, 3.05) is 26.4 Å². The van der Waals surface area contributed by atoms with Gasteiger partial charge in [-0.3, -0.25) is 4.79 Å². The van der Waals surface area contributed by atoms with E-state index in [2.05, 4.69) is 0 Å². The van der Waals surface area contributed by atoms with Crippen LogP contribution in [-0.2, 0) is 14.3 Å². The maximum absolute atomic E-state index is 11.8. The minimum atomic E-state index is -0.548. The molecule has 0 radical (unpaired) electrons. The number of Topliss-reactive ketones (excluding diaryl/α,β-unsaturated/α-hetero) is 1. The molecule has 0 amide bonds. The zero-order valence-electron chi connectivity index (χ0n) is 8.91. The van der Waals surface area contributed by atoms with Crippen LogP contribution in [0.2, 0.25) is 0 Å². The Labute approximate surface area is 84.7 Å². The van der Waals surface area contributed by atoms with Gasteiger partial charge in [-0.2, -0.15) is 0 Å². The molecule has 0 spiro atoms. The van der Waals surface area contributed by atoms with E-state index in [4.69, 9.17) is 15.2 Å². The van der Waals surface area contributed by atoms with Crippen molar-refractivity contribution in [3.63, 3.8) is 0 Å². The molecule has 1 fully saturated rings. The lowest BCUT2D eigenvalue weighted by Crippen LogP contribution is -2.46. The Hall–Kier alpha value is -0.450. The minimum Gasteiger partial charge on any atom is -0.379 e. The van der Waals surface area contributed by atoms with Crippen LogP contribution in [0, 0.1) is 5.41 Å². The lowest BCUT2D eigenvalue weighted by atomic mass is 9.82. The third kappa shape index (κ3) is 2.32. The molecule has 1 saturated heterocycles. The predicted octanol–water partition coefficient (Wildman–Crippen LogP) is 0.346. The molecule has 0 aromatic carbocycles. The van der Waals surface area contributed by atoms with Crippen molar-refractivity contribution >= 4 is 5.78 Å². The number of ketones is 1. The first kappa shape index (κ1) is 11.6. The van der Waals surface area contributed by atoms with Gasteiger partial charge in [0.1, 0.15) is 6.61 Å². The van der Waals surface area contributed by atoms with Crippen LogP contribution in [-0.4, -0.2) is 38.3 Å². The van der Waals surface area contributed by atoms with Gasteiger partial charge in [-0.1, -0.05) is 6.92 Å². The SMILES string of the molecule is CCCOCC(=O)C1(C)COCC1N. The van der Waals surface area contributed by atoms with Crippen molar-refractivity contribution in [1.29, 1.82) is 0 Å². The van der Waals surface area contributed by atoms with Crippen LogP contribution in [0.15, 0.2) is 0 Å². The molecule has 2 unspecified atom stereocenters. The van der Waals surface area contributed by atoms with Crippen LogP contribution in [0.25, 0.3) is 0 Å². The van der Waals surface area contributed by atoms with Crippen molar-refractivity contribution in [2.45, 2.75) is 26.3 Å². The van der Waals surface area contributed by atoms with Crippen LogP contribution in [0.4, 0.5) is 0 Å². The number of nitrogens with two attached hydrogens (primary N) is 1. The molecule has 0 aromatic rings. The van der Waals surface area contributed by atoms with Gasteiger partial charge in [0.25, 0.3) is 0 Å². The number of carbonyl (C=O) groups excluding carboxylic acids is 1. The number of hydrogen-bond acceptors (Lipinski definition) is 4. The molecule has 1 aliphatic heterocycles. The van der Waals surface area contributed by atoms with E-state index in [1.807, 2.05) is 13.8 Å². The third-order valence-electron chi connectivity index (χ3n) is 2.74. The van der Waals surface area contributed by atoms with Gasteiger partial charge in [0.2, 0.25) is 0 Å². The fraction of sp³-hybridized carbons (Fsp3) is 0.900. The molecular weight excluding hydrogens is 182 g/mol. The van der Waals surface area contributed by atoms with Crippen LogP contribution >= 0.6 is 0 Å². The monoisotopic (exact) mass is 201 g/mol. The topological polar surface area (TPSA) is 61.5 Å². The van der Waals surface area contributed by atoms with Gasteiger partial charge in [0.05, 0.1) is 18.6 Å². The fourth-order valence-electron chi connectivity index (χ4n) is 1.45. The molecule has 2 N–H and O–H groups in total. The standard InChI is InChI=1S/C10H19NO3/c1-3-4-13-6-9(12)10(2)7-14-5-8(10)11/h8H,3-7,11H2,1-2H3.